The molecule has 7 nitrogen and oxygen atoms in total. The molecule has 0 spiro atoms. The fraction of sp³-hybridized carbons (Fsp3) is 0.133. The van der Waals surface area contributed by atoms with Crippen molar-refractivity contribution in [3.63, 3.8) is 0 Å². The molecule has 1 amide bonds. The van der Waals surface area contributed by atoms with Crippen molar-refractivity contribution in [3.8, 4) is 5.75 Å². The molecule has 1 heterocycles. The standard InChI is InChI=1S/C15H14N2O5/c1-10-2-7-13(22-10)15(20)17-16-8-11-3-5-12(6-4-11)21-9-14(18)19/h2-8H,9H2,1H3,(H,17,20)(H,18,19)/b16-8-. The van der Waals surface area contributed by atoms with Crippen molar-refractivity contribution in [2.75, 3.05) is 6.61 Å². The van der Waals surface area contributed by atoms with Gasteiger partial charge in [-0.25, -0.2) is 10.2 Å². The van der Waals surface area contributed by atoms with Gasteiger partial charge in [0.05, 0.1) is 6.21 Å². The Bertz CT molecular complexity index is 688. The Balaban J connectivity index is 1.87. The summed E-state index contributed by atoms with van der Waals surface area (Å²) in [4.78, 5) is 22.0. The lowest BCUT2D eigenvalue weighted by Gasteiger charge is -2.02. The van der Waals surface area contributed by atoms with Gasteiger partial charge in [0.15, 0.2) is 12.4 Å². The van der Waals surface area contributed by atoms with Crippen LogP contribution in [0.3, 0.4) is 0 Å². The van der Waals surface area contributed by atoms with Gasteiger partial charge in [-0.05, 0) is 48.9 Å². The minimum Gasteiger partial charge on any atom is -0.482 e. The predicted octanol–water partition coefficient (Wildman–Crippen LogP) is 1.82. The zero-order valence-electron chi connectivity index (χ0n) is 11.8. The molecule has 0 aliphatic rings. The lowest BCUT2D eigenvalue weighted by atomic mass is 10.2. The highest BCUT2D eigenvalue weighted by Gasteiger charge is 2.07. The number of aryl methyl sites for hydroxylation is 1. The topological polar surface area (TPSA) is 101 Å². The van der Waals surface area contributed by atoms with Crippen LogP contribution in [-0.2, 0) is 4.79 Å². The van der Waals surface area contributed by atoms with Crippen molar-refractivity contribution in [1.29, 1.82) is 0 Å². The van der Waals surface area contributed by atoms with Gasteiger partial charge in [0.1, 0.15) is 11.5 Å². The maximum Gasteiger partial charge on any atom is 0.341 e. The van der Waals surface area contributed by atoms with Crippen LogP contribution >= 0.6 is 0 Å². The number of carboxylic acid groups (broad SMARTS) is 1. The monoisotopic (exact) mass is 302 g/mol. The number of furan rings is 1. The second kappa shape index (κ2) is 7.07. The second-order valence-electron chi connectivity index (χ2n) is 4.36. The fourth-order valence-electron chi connectivity index (χ4n) is 1.57. The van der Waals surface area contributed by atoms with E-state index in [1.54, 1.807) is 43.3 Å². The Morgan fingerprint density at radius 3 is 2.59 bits per heavy atom. The number of nitrogens with one attached hydrogen (secondary N) is 1. The van der Waals surface area contributed by atoms with Gasteiger partial charge in [-0.3, -0.25) is 4.79 Å². The minimum absolute atomic E-state index is 0.187. The van der Waals surface area contributed by atoms with Gasteiger partial charge in [-0.15, -0.1) is 0 Å². The number of carbonyl (C=O) groups excluding carboxylic acids is 1. The summed E-state index contributed by atoms with van der Waals surface area (Å²) < 4.78 is 10.2. The molecule has 2 aromatic rings. The van der Waals surface area contributed by atoms with Gasteiger partial charge in [0.2, 0.25) is 0 Å². The molecule has 0 aliphatic heterocycles. The number of rotatable bonds is 6. The van der Waals surface area contributed by atoms with Crippen LogP contribution < -0.4 is 10.2 Å². The highest BCUT2D eigenvalue weighted by Crippen LogP contribution is 2.11. The summed E-state index contributed by atoms with van der Waals surface area (Å²) in [6.07, 6.45) is 1.45. The van der Waals surface area contributed by atoms with Crippen LogP contribution in [0.1, 0.15) is 21.9 Å². The number of carbonyl (C=O) groups is 2. The Hall–Kier alpha value is -3.09. The van der Waals surface area contributed by atoms with Crippen LogP contribution in [0.15, 0.2) is 45.9 Å². The second-order valence-corrected chi connectivity index (χ2v) is 4.36. The Morgan fingerprint density at radius 2 is 2.00 bits per heavy atom. The van der Waals surface area contributed by atoms with Gasteiger partial charge in [-0.1, -0.05) is 0 Å². The molecule has 22 heavy (non-hydrogen) atoms. The quantitative estimate of drug-likeness (QED) is 0.626. The van der Waals surface area contributed by atoms with Gasteiger partial charge < -0.3 is 14.3 Å². The summed E-state index contributed by atoms with van der Waals surface area (Å²) in [6.45, 7) is 1.35. The highest BCUT2D eigenvalue weighted by molar-refractivity contribution is 5.92. The maximum absolute atomic E-state index is 11.7. The number of carboxylic acids is 1. The third-order valence-electron chi connectivity index (χ3n) is 2.59. The lowest BCUT2D eigenvalue weighted by Crippen LogP contribution is -2.16. The lowest BCUT2D eigenvalue weighted by molar-refractivity contribution is -0.139. The number of hydrazone groups is 1. The first-order valence-electron chi connectivity index (χ1n) is 6.39. The summed E-state index contributed by atoms with van der Waals surface area (Å²) in [6, 6.07) is 9.85. The number of amides is 1. The van der Waals surface area contributed by atoms with Crippen molar-refractivity contribution in [3.05, 3.63) is 53.5 Å². The normalized spacial score (nSPS) is 10.6. The number of ether oxygens (including phenoxy) is 1. The first-order chi connectivity index (χ1) is 10.5. The number of hydrogen-bond donors (Lipinski definition) is 2. The van der Waals surface area contributed by atoms with Crippen LogP contribution in [0, 0.1) is 6.92 Å². The Kier molecular flexibility index (Phi) is 4.92. The first kappa shape index (κ1) is 15.3. The van der Waals surface area contributed by atoms with Crippen molar-refractivity contribution < 1.29 is 23.8 Å². The van der Waals surface area contributed by atoms with E-state index >= 15 is 0 Å². The molecule has 0 aliphatic carbocycles. The van der Waals surface area contributed by atoms with Crippen molar-refractivity contribution in [2.24, 2.45) is 5.10 Å². The molecule has 0 bridgehead atoms. The predicted molar refractivity (Wildman–Crippen MR) is 78.1 cm³/mol. The zero-order valence-corrected chi connectivity index (χ0v) is 11.8. The molecule has 0 radical (unpaired) electrons. The zero-order chi connectivity index (χ0) is 15.9. The molecule has 0 atom stereocenters. The molecule has 1 aromatic heterocycles. The van der Waals surface area contributed by atoms with Gasteiger partial charge in [-0.2, -0.15) is 5.10 Å². The van der Waals surface area contributed by atoms with Gasteiger partial charge in [0.25, 0.3) is 0 Å². The molecule has 0 unspecified atom stereocenters. The van der Waals surface area contributed by atoms with Crippen molar-refractivity contribution in [1.82, 2.24) is 5.43 Å². The van der Waals surface area contributed by atoms with Gasteiger partial charge in [0, 0.05) is 0 Å². The minimum atomic E-state index is -1.04. The van der Waals surface area contributed by atoms with E-state index in [1.807, 2.05) is 0 Å². The van der Waals surface area contributed by atoms with E-state index in [2.05, 4.69) is 10.5 Å². The molecule has 7 heteroatoms. The van der Waals surface area contributed by atoms with Crippen LogP contribution in [0.25, 0.3) is 0 Å². The van der Waals surface area contributed by atoms with E-state index < -0.39 is 18.5 Å². The Morgan fingerprint density at radius 1 is 1.27 bits per heavy atom. The smallest absolute Gasteiger partial charge is 0.341 e. The molecule has 0 saturated heterocycles. The summed E-state index contributed by atoms with van der Waals surface area (Å²) in [5.41, 5.74) is 3.06. The van der Waals surface area contributed by atoms with Crippen LogP contribution in [-0.4, -0.2) is 29.8 Å². The summed E-state index contributed by atoms with van der Waals surface area (Å²) in [5.74, 6) is -0.208. The third-order valence-corrected chi connectivity index (χ3v) is 2.59. The van der Waals surface area contributed by atoms with Crippen LogP contribution in [0.2, 0.25) is 0 Å². The van der Waals surface area contributed by atoms with E-state index in [0.717, 1.165) is 5.56 Å². The van der Waals surface area contributed by atoms with Crippen LogP contribution in [0.4, 0.5) is 0 Å². The molecule has 0 fully saturated rings. The number of benzene rings is 1. The first-order valence-corrected chi connectivity index (χ1v) is 6.39. The molecule has 2 N–H and O–H groups in total. The molecule has 114 valence electrons. The van der Waals surface area contributed by atoms with Crippen LogP contribution in [0.5, 0.6) is 5.75 Å². The highest BCUT2D eigenvalue weighted by atomic mass is 16.5. The maximum atomic E-state index is 11.7. The van der Waals surface area contributed by atoms with E-state index in [1.165, 1.54) is 6.21 Å². The third kappa shape index (κ3) is 4.48. The number of aliphatic carboxylic acids is 1. The van der Waals surface area contributed by atoms with E-state index in [9.17, 15) is 9.59 Å². The fourth-order valence-corrected chi connectivity index (χ4v) is 1.57. The molecule has 0 saturated carbocycles. The molecule has 1 aromatic carbocycles. The van der Waals surface area contributed by atoms with Gasteiger partial charge >= 0.3 is 11.9 Å². The molecular formula is C15H14N2O5. The summed E-state index contributed by atoms with van der Waals surface area (Å²) in [5, 5.41) is 12.3. The average molecular weight is 302 g/mol. The number of nitrogens with zero attached hydrogens (tertiary/aromatic N) is 1. The van der Waals surface area contributed by atoms with E-state index in [4.69, 9.17) is 14.3 Å². The van der Waals surface area contributed by atoms with Crippen molar-refractivity contribution in [2.45, 2.75) is 6.92 Å². The Labute approximate surface area is 126 Å². The average Bonchev–Trinajstić information content (AvgIpc) is 2.93. The molecular weight excluding hydrogens is 288 g/mol. The van der Waals surface area contributed by atoms with E-state index in [0.29, 0.717) is 11.5 Å². The van der Waals surface area contributed by atoms with E-state index in [-0.39, 0.29) is 5.76 Å². The van der Waals surface area contributed by atoms with Crippen molar-refractivity contribution >= 4 is 18.1 Å². The summed E-state index contributed by atoms with van der Waals surface area (Å²) in [7, 11) is 0. The number of hydrogen-bond acceptors (Lipinski definition) is 5. The summed E-state index contributed by atoms with van der Waals surface area (Å²) >= 11 is 0. The molecule has 2 rings (SSSR count). The SMILES string of the molecule is Cc1ccc(C(=O)N/N=C\c2ccc(OCC(=O)O)cc2)o1. The largest absolute Gasteiger partial charge is 0.482 e.